The predicted octanol–water partition coefficient (Wildman–Crippen LogP) is 2.42. The van der Waals surface area contributed by atoms with Crippen LogP contribution in [0.2, 0.25) is 5.02 Å². The lowest BCUT2D eigenvalue weighted by Crippen LogP contribution is -2.58. The Bertz CT molecular complexity index is 520. The first-order valence-electron chi connectivity index (χ1n) is 6.64. The molecule has 2 rings (SSSR count). The maximum atomic E-state index is 12.3. The van der Waals surface area contributed by atoms with E-state index in [0.717, 1.165) is 0 Å². The molecule has 1 aliphatic rings. The van der Waals surface area contributed by atoms with Crippen LogP contribution < -0.4 is 0 Å². The van der Waals surface area contributed by atoms with E-state index < -0.39 is 0 Å². The minimum atomic E-state index is -0.202. The van der Waals surface area contributed by atoms with Gasteiger partial charge in [-0.25, -0.2) is 0 Å². The van der Waals surface area contributed by atoms with Crippen molar-refractivity contribution in [2.24, 2.45) is 0 Å². The first-order valence-corrected chi connectivity index (χ1v) is 7.02. The van der Waals surface area contributed by atoms with E-state index in [-0.39, 0.29) is 23.9 Å². The number of hydrogen-bond donors (Lipinski definition) is 0. The SMILES string of the molecule is CC(C)(C)N1CCN(C(=O)c2ccc(Cl)cc2)CC1=O. The summed E-state index contributed by atoms with van der Waals surface area (Å²) < 4.78 is 0. The molecule has 1 heterocycles. The normalized spacial score (nSPS) is 16.5. The zero-order chi connectivity index (χ0) is 14.9. The second-order valence-corrected chi connectivity index (χ2v) is 6.39. The summed E-state index contributed by atoms with van der Waals surface area (Å²) in [7, 11) is 0. The van der Waals surface area contributed by atoms with Crippen LogP contribution in [0.4, 0.5) is 0 Å². The third-order valence-electron chi connectivity index (χ3n) is 3.41. The number of carbonyl (C=O) groups is 2. The Morgan fingerprint density at radius 2 is 1.75 bits per heavy atom. The van der Waals surface area contributed by atoms with Crippen LogP contribution in [0, 0.1) is 0 Å². The van der Waals surface area contributed by atoms with Gasteiger partial charge in [0, 0.05) is 29.2 Å². The van der Waals surface area contributed by atoms with Gasteiger partial charge >= 0.3 is 0 Å². The monoisotopic (exact) mass is 294 g/mol. The summed E-state index contributed by atoms with van der Waals surface area (Å²) in [5.74, 6) is -0.130. The highest BCUT2D eigenvalue weighted by atomic mass is 35.5. The largest absolute Gasteiger partial charge is 0.335 e. The van der Waals surface area contributed by atoms with Crippen LogP contribution in [0.5, 0.6) is 0 Å². The Morgan fingerprint density at radius 1 is 1.15 bits per heavy atom. The van der Waals surface area contributed by atoms with Crippen molar-refractivity contribution in [2.75, 3.05) is 19.6 Å². The standard InChI is InChI=1S/C15H19ClN2O2/c1-15(2,3)18-9-8-17(10-13(18)19)14(20)11-4-6-12(16)7-5-11/h4-7H,8-10H2,1-3H3. The first-order chi connectivity index (χ1) is 9.29. The van der Waals surface area contributed by atoms with Gasteiger partial charge < -0.3 is 9.80 Å². The molecule has 0 atom stereocenters. The molecule has 1 fully saturated rings. The second kappa shape index (κ2) is 5.44. The Hall–Kier alpha value is -1.55. The van der Waals surface area contributed by atoms with Gasteiger partial charge in [-0.3, -0.25) is 9.59 Å². The number of carbonyl (C=O) groups excluding carboxylic acids is 2. The van der Waals surface area contributed by atoms with Crippen LogP contribution in [0.25, 0.3) is 0 Å². The average molecular weight is 295 g/mol. The zero-order valence-electron chi connectivity index (χ0n) is 12.0. The van der Waals surface area contributed by atoms with Crippen molar-refractivity contribution >= 4 is 23.4 Å². The lowest BCUT2D eigenvalue weighted by atomic mass is 10.0. The van der Waals surface area contributed by atoms with Crippen LogP contribution in [-0.2, 0) is 4.79 Å². The Kier molecular flexibility index (Phi) is 4.04. The molecule has 0 aliphatic carbocycles. The third kappa shape index (κ3) is 3.12. The van der Waals surface area contributed by atoms with Crippen molar-refractivity contribution in [3.8, 4) is 0 Å². The van der Waals surface area contributed by atoms with Crippen molar-refractivity contribution in [3.05, 3.63) is 34.9 Å². The van der Waals surface area contributed by atoms with E-state index in [1.165, 1.54) is 0 Å². The smallest absolute Gasteiger partial charge is 0.254 e. The Morgan fingerprint density at radius 3 is 2.25 bits per heavy atom. The van der Waals surface area contributed by atoms with E-state index in [0.29, 0.717) is 23.7 Å². The summed E-state index contributed by atoms with van der Waals surface area (Å²) in [4.78, 5) is 27.9. The van der Waals surface area contributed by atoms with Gasteiger partial charge in [0.15, 0.2) is 0 Å². The number of benzene rings is 1. The molecule has 0 bridgehead atoms. The van der Waals surface area contributed by atoms with Crippen LogP contribution in [0.15, 0.2) is 24.3 Å². The van der Waals surface area contributed by atoms with Gasteiger partial charge in [-0.05, 0) is 45.0 Å². The van der Waals surface area contributed by atoms with E-state index in [4.69, 9.17) is 11.6 Å². The molecular formula is C15H19ClN2O2. The lowest BCUT2D eigenvalue weighted by molar-refractivity contribution is -0.140. The highest BCUT2D eigenvalue weighted by Crippen LogP contribution is 2.18. The van der Waals surface area contributed by atoms with Crippen molar-refractivity contribution in [1.29, 1.82) is 0 Å². The number of hydrogen-bond acceptors (Lipinski definition) is 2. The number of nitrogens with zero attached hydrogens (tertiary/aromatic N) is 2. The molecule has 1 aromatic rings. The molecule has 2 amide bonds. The van der Waals surface area contributed by atoms with Crippen molar-refractivity contribution in [3.63, 3.8) is 0 Å². The molecular weight excluding hydrogens is 276 g/mol. The van der Waals surface area contributed by atoms with Gasteiger partial charge in [-0.15, -0.1) is 0 Å². The van der Waals surface area contributed by atoms with E-state index in [9.17, 15) is 9.59 Å². The molecule has 20 heavy (non-hydrogen) atoms. The van der Waals surface area contributed by atoms with Crippen LogP contribution in [-0.4, -0.2) is 46.8 Å². The molecule has 0 radical (unpaired) electrons. The van der Waals surface area contributed by atoms with Crippen LogP contribution in [0.1, 0.15) is 31.1 Å². The molecule has 0 N–H and O–H groups in total. The van der Waals surface area contributed by atoms with Gasteiger partial charge in [0.2, 0.25) is 5.91 Å². The molecule has 1 saturated heterocycles. The maximum Gasteiger partial charge on any atom is 0.254 e. The van der Waals surface area contributed by atoms with E-state index >= 15 is 0 Å². The summed E-state index contributed by atoms with van der Waals surface area (Å²) in [6.45, 7) is 7.27. The van der Waals surface area contributed by atoms with E-state index in [2.05, 4.69) is 0 Å². The minimum absolute atomic E-state index is 0.00827. The zero-order valence-corrected chi connectivity index (χ0v) is 12.8. The molecule has 1 aromatic carbocycles. The van der Waals surface area contributed by atoms with E-state index in [1.807, 2.05) is 25.7 Å². The van der Waals surface area contributed by atoms with Gasteiger partial charge in [0.05, 0.1) is 0 Å². The van der Waals surface area contributed by atoms with Gasteiger partial charge in [-0.1, -0.05) is 11.6 Å². The quantitative estimate of drug-likeness (QED) is 0.798. The molecule has 0 unspecified atom stereocenters. The van der Waals surface area contributed by atoms with Crippen LogP contribution >= 0.6 is 11.6 Å². The minimum Gasteiger partial charge on any atom is -0.335 e. The summed E-state index contributed by atoms with van der Waals surface area (Å²) >= 11 is 5.81. The summed E-state index contributed by atoms with van der Waals surface area (Å²) in [5, 5.41) is 0.593. The molecule has 1 aliphatic heterocycles. The molecule has 108 valence electrons. The highest BCUT2D eigenvalue weighted by Gasteiger charge is 2.33. The number of rotatable bonds is 1. The van der Waals surface area contributed by atoms with Gasteiger partial charge in [-0.2, -0.15) is 0 Å². The fourth-order valence-corrected chi connectivity index (χ4v) is 2.46. The predicted molar refractivity (Wildman–Crippen MR) is 78.8 cm³/mol. The molecule has 0 saturated carbocycles. The van der Waals surface area contributed by atoms with Gasteiger partial charge in [0.25, 0.3) is 5.91 Å². The van der Waals surface area contributed by atoms with Crippen molar-refractivity contribution in [2.45, 2.75) is 26.3 Å². The Balaban J connectivity index is 2.08. The number of amides is 2. The van der Waals surface area contributed by atoms with Crippen molar-refractivity contribution in [1.82, 2.24) is 9.80 Å². The number of piperazine rings is 1. The fraction of sp³-hybridized carbons (Fsp3) is 0.467. The molecule has 5 heteroatoms. The molecule has 0 spiro atoms. The Labute approximate surface area is 124 Å². The summed E-state index contributed by atoms with van der Waals surface area (Å²) in [5.41, 5.74) is 0.360. The fourth-order valence-electron chi connectivity index (χ4n) is 2.33. The van der Waals surface area contributed by atoms with Crippen LogP contribution in [0.3, 0.4) is 0 Å². The third-order valence-corrected chi connectivity index (χ3v) is 3.66. The number of halogens is 1. The molecule has 4 nitrogen and oxygen atoms in total. The maximum absolute atomic E-state index is 12.3. The molecule has 0 aromatic heterocycles. The van der Waals surface area contributed by atoms with Gasteiger partial charge in [0.1, 0.15) is 6.54 Å². The summed E-state index contributed by atoms with van der Waals surface area (Å²) in [6.07, 6.45) is 0. The second-order valence-electron chi connectivity index (χ2n) is 5.95. The van der Waals surface area contributed by atoms with E-state index in [1.54, 1.807) is 29.2 Å². The average Bonchev–Trinajstić information content (AvgIpc) is 2.37. The summed E-state index contributed by atoms with van der Waals surface area (Å²) in [6, 6.07) is 6.74. The topological polar surface area (TPSA) is 40.6 Å². The van der Waals surface area contributed by atoms with Crippen molar-refractivity contribution < 1.29 is 9.59 Å². The lowest BCUT2D eigenvalue weighted by Gasteiger charge is -2.42. The first kappa shape index (κ1) is 14.9. The highest BCUT2D eigenvalue weighted by molar-refractivity contribution is 6.30.